The Balaban J connectivity index is 1.48. The molecule has 1 heterocycles. The van der Waals surface area contributed by atoms with Crippen LogP contribution < -0.4 is 5.32 Å². The van der Waals surface area contributed by atoms with Crippen LogP contribution in [0.25, 0.3) is 22.6 Å². The molecule has 4 rings (SSSR count). The number of aromatic nitrogens is 1. The number of oxazole rings is 1. The molecule has 0 aliphatic heterocycles. The number of hydrogen-bond donors (Lipinski definition) is 1. The van der Waals surface area contributed by atoms with Crippen molar-refractivity contribution in [1.82, 2.24) is 4.98 Å². The van der Waals surface area contributed by atoms with Crippen LogP contribution in [0.1, 0.15) is 25.7 Å². The number of carbonyl (C=O) groups excluding carboxylic acids is 1. The van der Waals surface area contributed by atoms with Crippen LogP contribution in [0.3, 0.4) is 0 Å². The second kappa shape index (κ2) is 7.30. The first-order valence-corrected chi connectivity index (χ1v) is 9.25. The molecule has 1 aliphatic rings. The minimum Gasteiger partial charge on any atom is -0.436 e. The predicted octanol–water partition coefficient (Wildman–Crippen LogP) is 5.80. The van der Waals surface area contributed by atoms with E-state index in [1.165, 1.54) is 0 Å². The Kier molecular flexibility index (Phi) is 4.83. The predicted molar refractivity (Wildman–Crippen MR) is 99.6 cm³/mol. The molecule has 1 aromatic heterocycles. The summed E-state index contributed by atoms with van der Waals surface area (Å²) in [5, 5.41) is 2.63. The maximum atomic E-state index is 13.2. The zero-order valence-corrected chi connectivity index (χ0v) is 15.0. The number of anilines is 1. The van der Waals surface area contributed by atoms with Crippen molar-refractivity contribution in [3.05, 3.63) is 48.5 Å². The van der Waals surface area contributed by atoms with Gasteiger partial charge in [-0.2, -0.15) is 13.2 Å². The molecule has 4 nitrogen and oxygen atoms in total. The Labute approximate surface area is 159 Å². The summed E-state index contributed by atoms with van der Waals surface area (Å²) >= 11 is 0. The highest BCUT2D eigenvalue weighted by molar-refractivity contribution is 5.93. The van der Waals surface area contributed by atoms with Gasteiger partial charge in [-0.05, 0) is 49.2 Å². The molecule has 1 aliphatic carbocycles. The quantitative estimate of drug-likeness (QED) is 0.617. The van der Waals surface area contributed by atoms with E-state index in [1.807, 2.05) is 24.3 Å². The Morgan fingerprint density at radius 1 is 1.04 bits per heavy atom. The summed E-state index contributed by atoms with van der Waals surface area (Å²) in [5.74, 6) is -2.73. The molecule has 2 atom stereocenters. The van der Waals surface area contributed by atoms with Gasteiger partial charge in [-0.3, -0.25) is 4.79 Å². The zero-order chi connectivity index (χ0) is 19.7. The van der Waals surface area contributed by atoms with E-state index in [4.69, 9.17) is 4.42 Å². The molecule has 1 saturated carbocycles. The number of benzene rings is 2. The van der Waals surface area contributed by atoms with Crippen LogP contribution in [0, 0.1) is 11.8 Å². The average molecular weight is 388 g/mol. The van der Waals surface area contributed by atoms with Crippen LogP contribution in [-0.4, -0.2) is 17.1 Å². The van der Waals surface area contributed by atoms with Gasteiger partial charge in [-0.1, -0.05) is 25.0 Å². The van der Waals surface area contributed by atoms with Crippen molar-refractivity contribution in [3.63, 3.8) is 0 Å². The molecule has 1 fully saturated rings. The third-order valence-electron chi connectivity index (χ3n) is 5.22. The molecule has 0 saturated heterocycles. The summed E-state index contributed by atoms with van der Waals surface area (Å²) in [6.45, 7) is 0. The zero-order valence-electron chi connectivity index (χ0n) is 15.0. The van der Waals surface area contributed by atoms with Crippen LogP contribution >= 0.6 is 0 Å². The van der Waals surface area contributed by atoms with E-state index in [-0.39, 0.29) is 12.8 Å². The summed E-state index contributed by atoms with van der Waals surface area (Å²) < 4.78 is 45.4. The SMILES string of the molecule is O=C(Nc1ccc(-c2nc3ccccc3o2)cc1)[C@H]1CCCC[C@@H]1C(F)(F)F. The molecule has 2 aromatic carbocycles. The Morgan fingerprint density at radius 2 is 1.75 bits per heavy atom. The highest BCUT2D eigenvalue weighted by atomic mass is 19.4. The van der Waals surface area contributed by atoms with E-state index in [1.54, 1.807) is 24.3 Å². The summed E-state index contributed by atoms with van der Waals surface area (Å²) in [4.78, 5) is 16.9. The first-order chi connectivity index (χ1) is 13.4. The number of carbonyl (C=O) groups is 1. The van der Waals surface area contributed by atoms with Gasteiger partial charge >= 0.3 is 6.18 Å². The fraction of sp³-hybridized carbons (Fsp3) is 0.333. The van der Waals surface area contributed by atoms with Crippen molar-refractivity contribution in [2.45, 2.75) is 31.9 Å². The molecule has 1 N–H and O–H groups in total. The van der Waals surface area contributed by atoms with Crippen molar-refractivity contribution in [2.24, 2.45) is 11.8 Å². The van der Waals surface area contributed by atoms with Gasteiger partial charge in [0.25, 0.3) is 0 Å². The van der Waals surface area contributed by atoms with Crippen molar-refractivity contribution >= 4 is 22.7 Å². The van der Waals surface area contributed by atoms with Crippen LogP contribution in [-0.2, 0) is 4.79 Å². The van der Waals surface area contributed by atoms with Gasteiger partial charge in [0.15, 0.2) is 5.58 Å². The van der Waals surface area contributed by atoms with E-state index in [0.717, 1.165) is 11.1 Å². The maximum absolute atomic E-state index is 13.2. The maximum Gasteiger partial charge on any atom is 0.392 e. The Morgan fingerprint density at radius 3 is 2.46 bits per heavy atom. The first kappa shape index (κ1) is 18.5. The molecule has 0 unspecified atom stereocenters. The lowest BCUT2D eigenvalue weighted by Crippen LogP contribution is -2.39. The monoisotopic (exact) mass is 388 g/mol. The average Bonchev–Trinajstić information content (AvgIpc) is 3.12. The van der Waals surface area contributed by atoms with Crippen LogP contribution in [0.4, 0.5) is 18.9 Å². The lowest BCUT2D eigenvalue weighted by molar-refractivity contribution is -0.197. The summed E-state index contributed by atoms with van der Waals surface area (Å²) in [6, 6.07) is 14.1. The second-order valence-corrected chi connectivity index (χ2v) is 7.09. The number of fused-ring (bicyclic) bond motifs is 1. The minimum atomic E-state index is -4.35. The van der Waals surface area contributed by atoms with Gasteiger partial charge in [0.05, 0.1) is 5.92 Å². The van der Waals surface area contributed by atoms with Crippen molar-refractivity contribution in [2.75, 3.05) is 5.32 Å². The molecular weight excluding hydrogens is 369 g/mol. The van der Waals surface area contributed by atoms with E-state index < -0.39 is 23.9 Å². The topological polar surface area (TPSA) is 55.1 Å². The summed E-state index contributed by atoms with van der Waals surface area (Å²) in [7, 11) is 0. The first-order valence-electron chi connectivity index (χ1n) is 9.25. The van der Waals surface area contributed by atoms with Gasteiger partial charge in [0.2, 0.25) is 11.8 Å². The lowest BCUT2D eigenvalue weighted by atomic mass is 9.78. The van der Waals surface area contributed by atoms with E-state index in [0.29, 0.717) is 30.0 Å². The smallest absolute Gasteiger partial charge is 0.392 e. The number of hydrogen-bond acceptors (Lipinski definition) is 3. The molecule has 0 radical (unpaired) electrons. The number of amides is 1. The molecule has 1 amide bonds. The van der Waals surface area contributed by atoms with E-state index >= 15 is 0 Å². The fourth-order valence-electron chi connectivity index (χ4n) is 3.76. The number of nitrogens with zero attached hydrogens (tertiary/aromatic N) is 1. The molecule has 146 valence electrons. The summed E-state index contributed by atoms with van der Waals surface area (Å²) in [5.41, 5.74) is 2.59. The fourth-order valence-corrected chi connectivity index (χ4v) is 3.76. The lowest BCUT2D eigenvalue weighted by Gasteiger charge is -2.32. The van der Waals surface area contributed by atoms with Gasteiger partial charge in [0, 0.05) is 17.2 Å². The molecule has 7 heteroatoms. The van der Waals surface area contributed by atoms with Crippen molar-refractivity contribution in [3.8, 4) is 11.5 Å². The van der Waals surface area contributed by atoms with Crippen LogP contribution in [0.15, 0.2) is 52.9 Å². The molecule has 0 bridgehead atoms. The molecule has 3 aromatic rings. The highest BCUT2D eigenvalue weighted by Gasteiger charge is 2.48. The van der Waals surface area contributed by atoms with Gasteiger partial charge in [0.1, 0.15) is 5.52 Å². The largest absolute Gasteiger partial charge is 0.436 e. The molecular formula is C21H19F3N2O2. The van der Waals surface area contributed by atoms with Crippen LogP contribution in [0.5, 0.6) is 0 Å². The number of alkyl halides is 3. The standard InChI is InChI=1S/C21H19F3N2O2/c22-21(23,24)16-6-2-1-5-15(16)19(27)25-14-11-9-13(10-12-14)20-26-17-7-3-4-8-18(17)28-20/h3-4,7-12,15-16H,1-2,5-6H2,(H,25,27)/t15-,16-/m0/s1. The number of nitrogens with one attached hydrogen (secondary N) is 1. The van der Waals surface area contributed by atoms with E-state index in [2.05, 4.69) is 10.3 Å². The number of halogens is 3. The van der Waals surface area contributed by atoms with Gasteiger partial charge in [-0.25, -0.2) is 4.98 Å². The second-order valence-electron chi connectivity index (χ2n) is 7.09. The molecule has 0 spiro atoms. The minimum absolute atomic E-state index is 0.0121. The number of para-hydroxylation sites is 2. The normalized spacial score (nSPS) is 20.2. The Hall–Kier alpha value is -2.83. The molecule has 28 heavy (non-hydrogen) atoms. The van der Waals surface area contributed by atoms with Crippen LogP contribution in [0.2, 0.25) is 0 Å². The Bertz CT molecular complexity index is 946. The number of rotatable bonds is 3. The van der Waals surface area contributed by atoms with Gasteiger partial charge < -0.3 is 9.73 Å². The summed E-state index contributed by atoms with van der Waals surface area (Å²) in [6.07, 6.45) is -2.93. The third kappa shape index (κ3) is 3.74. The van der Waals surface area contributed by atoms with Crippen molar-refractivity contribution < 1.29 is 22.4 Å². The highest BCUT2D eigenvalue weighted by Crippen LogP contribution is 2.42. The van der Waals surface area contributed by atoms with Crippen molar-refractivity contribution in [1.29, 1.82) is 0 Å². The third-order valence-corrected chi connectivity index (χ3v) is 5.22. The van der Waals surface area contributed by atoms with Gasteiger partial charge in [-0.15, -0.1) is 0 Å². The van der Waals surface area contributed by atoms with E-state index in [9.17, 15) is 18.0 Å².